The average Bonchev–Trinajstić information content (AvgIpc) is 2.96. The van der Waals surface area contributed by atoms with Crippen molar-refractivity contribution in [3.8, 4) is 6.07 Å². The first-order valence-corrected chi connectivity index (χ1v) is 7.70. The van der Waals surface area contributed by atoms with Crippen LogP contribution in [-0.2, 0) is 5.41 Å². The molecule has 0 heterocycles. The molecule has 0 radical (unpaired) electrons. The van der Waals surface area contributed by atoms with Crippen molar-refractivity contribution in [2.45, 2.75) is 50.0 Å². The maximum Gasteiger partial charge on any atom is 0.0852 e. The summed E-state index contributed by atoms with van der Waals surface area (Å²) in [5.74, 6) is 0. The van der Waals surface area contributed by atoms with Crippen LogP contribution in [0.15, 0.2) is 42.0 Å². The number of benzene rings is 1. The van der Waals surface area contributed by atoms with E-state index < -0.39 is 0 Å². The normalized spacial score (nSPS) is 28.6. The Hall–Kier alpha value is -1.59. The first-order chi connectivity index (χ1) is 9.82. The van der Waals surface area contributed by atoms with Crippen LogP contribution < -0.4 is 5.32 Å². The van der Waals surface area contributed by atoms with Crippen molar-refractivity contribution in [3.05, 3.63) is 47.5 Å². The van der Waals surface area contributed by atoms with Gasteiger partial charge in [0.2, 0.25) is 0 Å². The topological polar surface area (TPSA) is 35.8 Å². The van der Waals surface area contributed by atoms with Gasteiger partial charge in [0.1, 0.15) is 0 Å². The van der Waals surface area contributed by atoms with Crippen molar-refractivity contribution in [1.82, 2.24) is 5.32 Å². The number of nitriles is 1. The van der Waals surface area contributed by atoms with Crippen molar-refractivity contribution in [2.75, 3.05) is 6.54 Å². The molecule has 0 saturated heterocycles. The molecule has 1 aromatic rings. The second kappa shape index (κ2) is 5.81. The van der Waals surface area contributed by atoms with Crippen molar-refractivity contribution in [3.63, 3.8) is 0 Å². The Morgan fingerprint density at radius 2 is 2.05 bits per heavy atom. The van der Waals surface area contributed by atoms with Gasteiger partial charge in [0.15, 0.2) is 0 Å². The van der Waals surface area contributed by atoms with Gasteiger partial charge in [0.05, 0.1) is 11.5 Å². The molecule has 2 nitrogen and oxygen atoms in total. The summed E-state index contributed by atoms with van der Waals surface area (Å²) in [4.78, 5) is 0. The highest BCUT2D eigenvalue weighted by molar-refractivity contribution is 5.36. The first kappa shape index (κ1) is 13.4. The predicted molar refractivity (Wildman–Crippen MR) is 81.3 cm³/mol. The van der Waals surface area contributed by atoms with E-state index in [1.54, 1.807) is 5.57 Å². The Labute approximate surface area is 121 Å². The summed E-state index contributed by atoms with van der Waals surface area (Å²) in [5.41, 5.74) is 2.55. The lowest BCUT2D eigenvalue weighted by atomic mass is 9.62. The molecule has 1 aromatic carbocycles. The minimum Gasteiger partial charge on any atom is -0.314 e. The van der Waals surface area contributed by atoms with Gasteiger partial charge in [-0.3, -0.25) is 0 Å². The minimum atomic E-state index is -0.244. The van der Waals surface area contributed by atoms with E-state index in [4.69, 9.17) is 0 Å². The molecule has 2 aliphatic carbocycles. The van der Waals surface area contributed by atoms with E-state index in [0.29, 0.717) is 6.04 Å². The summed E-state index contributed by atoms with van der Waals surface area (Å²) < 4.78 is 0. The van der Waals surface area contributed by atoms with Gasteiger partial charge in [-0.1, -0.05) is 42.0 Å². The Morgan fingerprint density at radius 3 is 2.70 bits per heavy atom. The molecule has 1 fully saturated rings. The Morgan fingerprint density at radius 1 is 1.25 bits per heavy atom. The Kier molecular flexibility index (Phi) is 3.89. The molecule has 1 saturated carbocycles. The molecule has 0 bridgehead atoms. The third-order valence-electron chi connectivity index (χ3n) is 4.74. The number of nitrogens with one attached hydrogen (secondary N) is 1. The van der Waals surface area contributed by atoms with Crippen LogP contribution in [0.4, 0.5) is 0 Å². The minimum absolute atomic E-state index is 0.244. The Bertz CT molecular complexity index is 518. The lowest BCUT2D eigenvalue weighted by Crippen LogP contribution is -2.51. The second-order valence-corrected chi connectivity index (χ2v) is 6.12. The van der Waals surface area contributed by atoms with E-state index in [1.165, 1.54) is 31.2 Å². The molecule has 0 unspecified atom stereocenters. The van der Waals surface area contributed by atoms with Crippen molar-refractivity contribution >= 4 is 0 Å². The molecule has 0 amide bonds. The van der Waals surface area contributed by atoms with Crippen LogP contribution in [0.25, 0.3) is 0 Å². The fourth-order valence-corrected chi connectivity index (χ4v) is 3.48. The third kappa shape index (κ3) is 2.64. The predicted octanol–water partition coefficient (Wildman–Crippen LogP) is 3.70. The number of hydrogen-bond acceptors (Lipinski definition) is 2. The molecule has 1 N–H and O–H groups in total. The van der Waals surface area contributed by atoms with Crippen LogP contribution in [0.2, 0.25) is 0 Å². The lowest BCUT2D eigenvalue weighted by Gasteiger charge is -2.43. The second-order valence-electron chi connectivity index (χ2n) is 6.12. The van der Waals surface area contributed by atoms with Crippen LogP contribution in [-0.4, -0.2) is 12.6 Å². The zero-order valence-corrected chi connectivity index (χ0v) is 11.9. The highest BCUT2D eigenvalue weighted by Gasteiger charge is 2.45. The van der Waals surface area contributed by atoms with Gasteiger partial charge in [-0.2, -0.15) is 5.26 Å². The van der Waals surface area contributed by atoms with E-state index in [0.717, 1.165) is 19.4 Å². The monoisotopic (exact) mass is 266 g/mol. The molecule has 2 heteroatoms. The first-order valence-electron chi connectivity index (χ1n) is 7.70. The summed E-state index contributed by atoms with van der Waals surface area (Å²) in [5, 5.41) is 13.1. The summed E-state index contributed by atoms with van der Waals surface area (Å²) in [6, 6.07) is 13.3. The van der Waals surface area contributed by atoms with Crippen LogP contribution >= 0.6 is 0 Å². The van der Waals surface area contributed by atoms with E-state index in [9.17, 15) is 5.26 Å². The van der Waals surface area contributed by atoms with E-state index in [2.05, 4.69) is 29.6 Å². The molecule has 0 atom stereocenters. The smallest absolute Gasteiger partial charge is 0.0852 e. The van der Waals surface area contributed by atoms with Gasteiger partial charge >= 0.3 is 0 Å². The fourth-order valence-electron chi connectivity index (χ4n) is 3.48. The largest absolute Gasteiger partial charge is 0.314 e. The van der Waals surface area contributed by atoms with Crippen LogP contribution in [0.3, 0.4) is 0 Å². The zero-order valence-electron chi connectivity index (χ0n) is 11.9. The number of nitrogens with zero attached hydrogens (tertiary/aromatic N) is 1. The quantitative estimate of drug-likeness (QED) is 0.825. The van der Waals surface area contributed by atoms with Crippen LogP contribution in [0.1, 0.15) is 44.1 Å². The molecule has 2 aliphatic rings. The van der Waals surface area contributed by atoms with Gasteiger partial charge in [0.25, 0.3) is 0 Å². The maximum absolute atomic E-state index is 9.52. The van der Waals surface area contributed by atoms with Gasteiger partial charge in [0, 0.05) is 6.04 Å². The highest BCUT2D eigenvalue weighted by Crippen LogP contribution is 2.43. The lowest BCUT2D eigenvalue weighted by molar-refractivity contribution is 0.228. The van der Waals surface area contributed by atoms with E-state index in [-0.39, 0.29) is 5.41 Å². The molecule has 3 rings (SSSR count). The van der Waals surface area contributed by atoms with Crippen molar-refractivity contribution in [1.29, 1.82) is 5.26 Å². The number of hydrogen-bond donors (Lipinski definition) is 1. The molecule has 0 aliphatic heterocycles. The summed E-state index contributed by atoms with van der Waals surface area (Å²) in [7, 11) is 0. The molecular formula is C18H22N2. The summed E-state index contributed by atoms with van der Waals surface area (Å²) in [6.07, 6.45) is 9.37. The Balaban J connectivity index is 1.48. The van der Waals surface area contributed by atoms with Crippen LogP contribution in [0, 0.1) is 11.3 Å². The SMILES string of the molecule is N#CC1(c2ccccc2)CC(NCCC2=CCCC2)C1. The molecule has 0 aromatic heterocycles. The molecule has 104 valence electrons. The number of rotatable bonds is 5. The molecular weight excluding hydrogens is 244 g/mol. The maximum atomic E-state index is 9.52. The van der Waals surface area contributed by atoms with E-state index >= 15 is 0 Å². The summed E-state index contributed by atoms with van der Waals surface area (Å²) in [6.45, 7) is 1.06. The van der Waals surface area contributed by atoms with E-state index in [1.807, 2.05) is 18.2 Å². The van der Waals surface area contributed by atoms with Gasteiger partial charge < -0.3 is 5.32 Å². The van der Waals surface area contributed by atoms with Crippen molar-refractivity contribution in [2.24, 2.45) is 0 Å². The van der Waals surface area contributed by atoms with Crippen LogP contribution in [0.5, 0.6) is 0 Å². The highest BCUT2D eigenvalue weighted by atomic mass is 14.9. The zero-order chi connectivity index (χ0) is 13.8. The number of allylic oxidation sites excluding steroid dienone is 1. The van der Waals surface area contributed by atoms with Gasteiger partial charge in [-0.05, 0) is 50.6 Å². The third-order valence-corrected chi connectivity index (χ3v) is 4.74. The van der Waals surface area contributed by atoms with Gasteiger partial charge in [-0.15, -0.1) is 0 Å². The average molecular weight is 266 g/mol. The molecule has 0 spiro atoms. The van der Waals surface area contributed by atoms with Gasteiger partial charge in [-0.25, -0.2) is 0 Å². The summed E-state index contributed by atoms with van der Waals surface area (Å²) >= 11 is 0. The standard InChI is InChI=1S/C18H22N2/c19-14-18(16-8-2-1-3-9-16)12-17(13-18)20-11-10-15-6-4-5-7-15/h1-3,6,8-9,17,20H,4-5,7,10-13H2. The molecule has 20 heavy (non-hydrogen) atoms. The van der Waals surface area contributed by atoms with Crippen molar-refractivity contribution < 1.29 is 0 Å². The fraction of sp³-hybridized carbons (Fsp3) is 0.500.